The molecule has 3 rings (SSSR count). The van der Waals surface area contributed by atoms with Gasteiger partial charge in [-0.25, -0.2) is 0 Å². The Morgan fingerprint density at radius 2 is 1.85 bits per heavy atom. The predicted molar refractivity (Wildman–Crippen MR) is 141 cm³/mol. The van der Waals surface area contributed by atoms with Crippen LogP contribution in [0.4, 0.5) is 5.82 Å². The number of thioether (sulfide) groups is 1. The van der Waals surface area contributed by atoms with Gasteiger partial charge in [0.15, 0.2) is 0 Å². The summed E-state index contributed by atoms with van der Waals surface area (Å²) in [6, 6.07) is 2.17. The van der Waals surface area contributed by atoms with E-state index in [1.165, 1.54) is 24.6 Å². The number of nitriles is 1. The topological polar surface area (TPSA) is 69.3 Å². The number of unbranched alkanes of at least 4 members (excludes halogenated alkanes) is 1. The molecule has 0 bridgehead atoms. The van der Waals surface area contributed by atoms with Crippen LogP contribution in [0.1, 0.15) is 82.4 Å². The maximum Gasteiger partial charge on any atom is 0.270 e. The van der Waals surface area contributed by atoms with Gasteiger partial charge in [-0.15, -0.1) is 0 Å². The van der Waals surface area contributed by atoms with Crippen molar-refractivity contribution in [3.63, 3.8) is 0 Å². The van der Waals surface area contributed by atoms with Crippen LogP contribution in [-0.4, -0.2) is 38.8 Å². The average Bonchev–Trinajstić information content (AvgIpc) is 2.97. The molecule has 2 aliphatic rings. The van der Waals surface area contributed by atoms with E-state index in [-0.39, 0.29) is 23.1 Å². The Labute approximate surface area is 206 Å². The average molecular weight is 487 g/mol. The minimum Gasteiger partial charge on any atom is -0.357 e. The van der Waals surface area contributed by atoms with Crippen LogP contribution in [0.25, 0.3) is 6.08 Å². The van der Waals surface area contributed by atoms with Gasteiger partial charge in [0, 0.05) is 31.2 Å². The van der Waals surface area contributed by atoms with Crippen molar-refractivity contribution >= 4 is 46.1 Å². The van der Waals surface area contributed by atoms with E-state index in [2.05, 4.69) is 17.9 Å². The Bertz CT molecular complexity index is 1050. The van der Waals surface area contributed by atoms with Crippen LogP contribution in [0.3, 0.4) is 0 Å². The highest BCUT2D eigenvalue weighted by Gasteiger charge is 2.35. The van der Waals surface area contributed by atoms with Gasteiger partial charge < -0.3 is 4.90 Å². The molecule has 1 atom stereocenters. The van der Waals surface area contributed by atoms with Crippen LogP contribution in [0.2, 0.25) is 0 Å². The van der Waals surface area contributed by atoms with E-state index < -0.39 is 0 Å². The van der Waals surface area contributed by atoms with Crippen molar-refractivity contribution in [3.05, 3.63) is 31.9 Å². The van der Waals surface area contributed by atoms with E-state index >= 15 is 0 Å². The van der Waals surface area contributed by atoms with Crippen LogP contribution in [-0.2, 0) is 11.3 Å². The highest BCUT2D eigenvalue weighted by molar-refractivity contribution is 8.26. The monoisotopic (exact) mass is 486 g/mol. The third kappa shape index (κ3) is 5.20. The Hall–Kier alpha value is -2.11. The second-order valence-electron chi connectivity index (χ2n) is 8.87. The van der Waals surface area contributed by atoms with Gasteiger partial charge in [0.1, 0.15) is 21.8 Å². The van der Waals surface area contributed by atoms with Crippen LogP contribution < -0.4 is 10.5 Å². The molecule has 0 radical (unpaired) electrons. The van der Waals surface area contributed by atoms with E-state index in [0.29, 0.717) is 21.3 Å². The SMILES string of the molecule is CCCCn1c(N2CCCCCC2)c(/C=C2/SC(=S)N(C(C)CC)C2=O)c(C)c(C#N)c1=O. The molecule has 0 N–H and O–H groups in total. The lowest BCUT2D eigenvalue weighted by Crippen LogP contribution is -2.36. The number of carbonyl (C=O) groups excluding carboxylic acids is 1. The number of hydrogen-bond donors (Lipinski definition) is 0. The fraction of sp³-hybridized carbons (Fsp3) is 0.600. The number of aromatic nitrogens is 1. The molecule has 3 heterocycles. The number of carbonyl (C=O) groups is 1. The summed E-state index contributed by atoms with van der Waals surface area (Å²) in [4.78, 5) is 31.1. The number of thiocarbonyl (C=S) groups is 1. The zero-order valence-electron chi connectivity index (χ0n) is 20.1. The molecule has 1 aromatic rings. The number of nitrogens with zero attached hydrogens (tertiary/aromatic N) is 4. The summed E-state index contributed by atoms with van der Waals surface area (Å²) in [6.45, 7) is 10.3. The van der Waals surface area contributed by atoms with E-state index in [0.717, 1.165) is 56.6 Å². The zero-order chi connectivity index (χ0) is 24.1. The maximum absolute atomic E-state index is 13.4. The smallest absolute Gasteiger partial charge is 0.270 e. The van der Waals surface area contributed by atoms with Crippen molar-refractivity contribution in [2.24, 2.45) is 0 Å². The molecule has 0 aromatic carbocycles. The molecule has 0 saturated carbocycles. The minimum atomic E-state index is -0.230. The molecule has 6 nitrogen and oxygen atoms in total. The number of anilines is 1. The summed E-state index contributed by atoms with van der Waals surface area (Å²) < 4.78 is 2.34. The summed E-state index contributed by atoms with van der Waals surface area (Å²) >= 11 is 6.83. The summed E-state index contributed by atoms with van der Waals surface area (Å²) in [5.74, 6) is 0.756. The number of hydrogen-bond acceptors (Lipinski definition) is 6. The van der Waals surface area contributed by atoms with Crippen molar-refractivity contribution in [2.75, 3.05) is 18.0 Å². The van der Waals surface area contributed by atoms with Gasteiger partial charge in [0.2, 0.25) is 0 Å². The van der Waals surface area contributed by atoms with Crippen LogP contribution in [0.15, 0.2) is 9.70 Å². The van der Waals surface area contributed by atoms with Crippen molar-refractivity contribution in [1.82, 2.24) is 9.47 Å². The molecule has 178 valence electrons. The quantitative estimate of drug-likeness (QED) is 0.389. The number of pyridine rings is 1. The summed E-state index contributed by atoms with van der Waals surface area (Å²) in [7, 11) is 0. The Balaban J connectivity index is 2.24. The normalized spacial score (nSPS) is 19.2. The van der Waals surface area contributed by atoms with Crippen molar-refractivity contribution < 1.29 is 4.79 Å². The van der Waals surface area contributed by atoms with Crippen LogP contribution in [0.5, 0.6) is 0 Å². The van der Waals surface area contributed by atoms with E-state index in [9.17, 15) is 14.9 Å². The first-order chi connectivity index (χ1) is 15.8. The van der Waals surface area contributed by atoms with Gasteiger partial charge >= 0.3 is 0 Å². The molecule has 0 spiro atoms. The molecule has 1 unspecified atom stereocenters. The molecule has 0 aliphatic carbocycles. The first-order valence-electron chi connectivity index (χ1n) is 12.0. The third-order valence-electron chi connectivity index (χ3n) is 6.62. The largest absolute Gasteiger partial charge is 0.357 e. The summed E-state index contributed by atoms with van der Waals surface area (Å²) in [6.07, 6.45) is 8.97. The molecule has 33 heavy (non-hydrogen) atoms. The second-order valence-corrected chi connectivity index (χ2v) is 10.5. The van der Waals surface area contributed by atoms with Crippen LogP contribution >= 0.6 is 24.0 Å². The van der Waals surface area contributed by atoms with Gasteiger partial charge in [0.25, 0.3) is 11.5 Å². The molecule has 2 saturated heterocycles. The van der Waals surface area contributed by atoms with Gasteiger partial charge in [-0.05, 0) is 51.2 Å². The lowest BCUT2D eigenvalue weighted by atomic mass is 10.0. The lowest BCUT2D eigenvalue weighted by molar-refractivity contribution is -0.123. The van der Waals surface area contributed by atoms with Crippen LogP contribution in [0, 0.1) is 18.3 Å². The Morgan fingerprint density at radius 3 is 2.42 bits per heavy atom. The van der Waals surface area contributed by atoms with Gasteiger partial charge in [-0.3, -0.25) is 19.1 Å². The summed E-state index contributed by atoms with van der Waals surface area (Å²) in [5, 5.41) is 9.82. The van der Waals surface area contributed by atoms with Crippen molar-refractivity contribution in [3.8, 4) is 6.07 Å². The first kappa shape index (κ1) is 25.5. The molecule has 2 fully saturated rings. The molecule has 8 heteroatoms. The fourth-order valence-corrected chi connectivity index (χ4v) is 5.91. The van der Waals surface area contributed by atoms with Gasteiger partial charge in [-0.1, -0.05) is 57.1 Å². The molecule has 1 aromatic heterocycles. The molecular weight excluding hydrogens is 452 g/mol. The van der Waals surface area contributed by atoms with Gasteiger partial charge in [0.05, 0.1) is 4.91 Å². The highest BCUT2D eigenvalue weighted by atomic mass is 32.2. The Kier molecular flexibility index (Phi) is 8.77. The van der Waals surface area contributed by atoms with E-state index in [1.807, 2.05) is 26.8 Å². The number of rotatable bonds is 7. The maximum atomic E-state index is 13.4. The highest BCUT2D eigenvalue weighted by Crippen LogP contribution is 2.37. The standard InChI is InChI=1S/C25H34N4O2S2/c1-5-7-14-28-22(27-12-10-8-9-11-13-27)19(18(4)20(16-26)23(28)30)15-21-24(31)29(17(3)6-2)25(32)33-21/h15,17H,5-14H2,1-4H3/b21-15+. The van der Waals surface area contributed by atoms with Crippen molar-refractivity contribution in [1.29, 1.82) is 5.26 Å². The predicted octanol–water partition coefficient (Wildman–Crippen LogP) is 5.21. The molecule has 2 aliphatic heterocycles. The van der Waals surface area contributed by atoms with E-state index in [1.54, 1.807) is 9.47 Å². The lowest BCUT2D eigenvalue weighted by Gasteiger charge is -2.29. The molecule has 1 amide bonds. The Morgan fingerprint density at radius 1 is 1.18 bits per heavy atom. The third-order valence-corrected chi connectivity index (χ3v) is 7.95. The first-order valence-corrected chi connectivity index (χ1v) is 13.3. The summed E-state index contributed by atoms with van der Waals surface area (Å²) in [5.41, 5.74) is 1.37. The molecular formula is C25H34N4O2S2. The zero-order valence-corrected chi connectivity index (χ0v) is 21.8. The number of amides is 1. The minimum absolute atomic E-state index is 0.0303. The van der Waals surface area contributed by atoms with Crippen molar-refractivity contribution in [2.45, 2.75) is 85.2 Å². The fourth-order valence-electron chi connectivity index (χ4n) is 4.46. The van der Waals surface area contributed by atoms with Gasteiger partial charge in [-0.2, -0.15) is 5.26 Å². The second kappa shape index (κ2) is 11.3. The van der Waals surface area contributed by atoms with E-state index in [4.69, 9.17) is 12.2 Å².